The number of hydrogen-bond donors (Lipinski definition) is 1. The number of rotatable bonds is 5. The van der Waals surface area contributed by atoms with Crippen LogP contribution in [-0.4, -0.2) is 98.6 Å². The molecule has 7 heteroatoms. The summed E-state index contributed by atoms with van der Waals surface area (Å²) in [5.41, 5.74) is 4.15. The van der Waals surface area contributed by atoms with E-state index in [1.165, 1.54) is 16.8 Å². The van der Waals surface area contributed by atoms with E-state index < -0.39 is 0 Å². The molecule has 2 aliphatic rings. The molecular formula is C23H38N6O. The van der Waals surface area contributed by atoms with Gasteiger partial charge in [0.2, 0.25) is 5.91 Å². The molecular weight excluding hydrogens is 376 g/mol. The molecule has 1 aromatic rings. The van der Waals surface area contributed by atoms with Crippen molar-refractivity contribution in [3.63, 3.8) is 0 Å². The van der Waals surface area contributed by atoms with Crippen molar-refractivity contribution in [3.8, 4) is 0 Å². The Kier molecular flexibility index (Phi) is 7.96. The smallest absolute Gasteiger partial charge is 0.219 e. The Hall–Kier alpha value is -2.28. The Bertz CT molecular complexity index is 733. The largest absolute Gasteiger partial charge is 0.369 e. The van der Waals surface area contributed by atoms with Gasteiger partial charge in [0, 0.05) is 78.1 Å². The molecule has 0 aliphatic carbocycles. The van der Waals surface area contributed by atoms with E-state index in [1.807, 2.05) is 4.90 Å². The second-order valence-electron chi connectivity index (χ2n) is 8.28. The number of nitrogens with one attached hydrogen (secondary N) is 1. The zero-order valence-corrected chi connectivity index (χ0v) is 19.2. The average Bonchev–Trinajstić information content (AvgIpc) is 2.76. The van der Waals surface area contributed by atoms with Crippen LogP contribution in [0.25, 0.3) is 0 Å². The van der Waals surface area contributed by atoms with Crippen LogP contribution in [0.4, 0.5) is 5.69 Å². The number of anilines is 1. The van der Waals surface area contributed by atoms with Crippen molar-refractivity contribution in [2.75, 3.05) is 76.9 Å². The van der Waals surface area contributed by atoms with Gasteiger partial charge in [0.15, 0.2) is 5.96 Å². The Morgan fingerprint density at radius 1 is 1.00 bits per heavy atom. The second kappa shape index (κ2) is 10.7. The van der Waals surface area contributed by atoms with Gasteiger partial charge in [-0.1, -0.05) is 12.1 Å². The first kappa shape index (κ1) is 22.4. The molecule has 2 aliphatic heterocycles. The molecule has 2 heterocycles. The highest BCUT2D eigenvalue weighted by atomic mass is 16.2. The van der Waals surface area contributed by atoms with E-state index in [9.17, 15) is 4.79 Å². The van der Waals surface area contributed by atoms with E-state index in [0.29, 0.717) is 0 Å². The van der Waals surface area contributed by atoms with E-state index in [2.05, 4.69) is 59.0 Å². The fourth-order valence-electron chi connectivity index (χ4n) is 4.25. The summed E-state index contributed by atoms with van der Waals surface area (Å²) in [6, 6.07) is 6.60. The molecule has 0 spiro atoms. The molecule has 7 nitrogen and oxygen atoms in total. The summed E-state index contributed by atoms with van der Waals surface area (Å²) in [5.74, 6) is 1.14. The highest BCUT2D eigenvalue weighted by Gasteiger charge is 2.21. The zero-order valence-electron chi connectivity index (χ0n) is 19.2. The van der Waals surface area contributed by atoms with Crippen LogP contribution >= 0.6 is 0 Å². The fraction of sp³-hybridized carbons (Fsp3) is 0.652. The van der Waals surface area contributed by atoms with Crippen LogP contribution in [0, 0.1) is 13.8 Å². The van der Waals surface area contributed by atoms with E-state index in [1.54, 1.807) is 6.92 Å². The van der Waals surface area contributed by atoms with Crippen molar-refractivity contribution >= 4 is 17.6 Å². The van der Waals surface area contributed by atoms with E-state index in [-0.39, 0.29) is 5.91 Å². The molecule has 1 amide bonds. The minimum Gasteiger partial charge on any atom is -0.369 e. The SMILES string of the molecule is CCNC(=NCCN1CCN(c2cccc(C)c2C)CC1)N1CCN(C(C)=O)CC1. The molecule has 30 heavy (non-hydrogen) atoms. The molecule has 1 N–H and O–H groups in total. The average molecular weight is 415 g/mol. The highest BCUT2D eigenvalue weighted by molar-refractivity contribution is 5.80. The van der Waals surface area contributed by atoms with Gasteiger partial charge in [-0.15, -0.1) is 0 Å². The lowest BCUT2D eigenvalue weighted by Crippen LogP contribution is -2.53. The number of nitrogens with zero attached hydrogens (tertiary/aromatic N) is 5. The summed E-state index contributed by atoms with van der Waals surface area (Å²) in [5, 5.41) is 3.42. The number of amides is 1. The maximum Gasteiger partial charge on any atom is 0.219 e. The van der Waals surface area contributed by atoms with Crippen molar-refractivity contribution in [1.82, 2.24) is 20.0 Å². The highest BCUT2D eigenvalue weighted by Crippen LogP contribution is 2.23. The van der Waals surface area contributed by atoms with Crippen molar-refractivity contribution in [3.05, 3.63) is 29.3 Å². The predicted octanol–water partition coefficient (Wildman–Crippen LogP) is 1.56. The molecule has 0 aromatic heterocycles. The van der Waals surface area contributed by atoms with Crippen LogP contribution in [-0.2, 0) is 4.79 Å². The summed E-state index contributed by atoms with van der Waals surface area (Å²) in [6.45, 7) is 18.4. The molecule has 2 fully saturated rings. The van der Waals surface area contributed by atoms with Gasteiger partial charge < -0.3 is 20.0 Å². The maximum absolute atomic E-state index is 11.5. The number of benzene rings is 1. The van der Waals surface area contributed by atoms with Gasteiger partial charge >= 0.3 is 0 Å². The number of piperazine rings is 2. The van der Waals surface area contributed by atoms with Crippen molar-refractivity contribution < 1.29 is 4.79 Å². The molecule has 3 rings (SSSR count). The third kappa shape index (κ3) is 5.65. The number of hydrogen-bond acceptors (Lipinski definition) is 4. The van der Waals surface area contributed by atoms with Gasteiger partial charge in [-0.3, -0.25) is 14.7 Å². The minimum absolute atomic E-state index is 0.164. The van der Waals surface area contributed by atoms with Crippen molar-refractivity contribution in [2.45, 2.75) is 27.7 Å². The number of aliphatic imine (C=N–C) groups is 1. The molecule has 0 radical (unpaired) electrons. The molecule has 0 bridgehead atoms. The van der Waals surface area contributed by atoms with Gasteiger partial charge in [0.1, 0.15) is 0 Å². The van der Waals surface area contributed by atoms with Gasteiger partial charge in [-0.2, -0.15) is 0 Å². The second-order valence-corrected chi connectivity index (χ2v) is 8.28. The number of carbonyl (C=O) groups excluding carboxylic acids is 1. The first-order valence-corrected chi connectivity index (χ1v) is 11.3. The minimum atomic E-state index is 0.164. The van der Waals surface area contributed by atoms with E-state index in [4.69, 9.17) is 4.99 Å². The van der Waals surface area contributed by atoms with Crippen LogP contribution in [0.3, 0.4) is 0 Å². The maximum atomic E-state index is 11.5. The van der Waals surface area contributed by atoms with E-state index >= 15 is 0 Å². The van der Waals surface area contributed by atoms with Crippen LogP contribution < -0.4 is 10.2 Å². The molecule has 0 unspecified atom stereocenters. The van der Waals surface area contributed by atoms with Gasteiger partial charge in [-0.25, -0.2) is 0 Å². The molecule has 0 atom stereocenters. The predicted molar refractivity (Wildman–Crippen MR) is 124 cm³/mol. The lowest BCUT2D eigenvalue weighted by molar-refractivity contribution is -0.130. The number of carbonyl (C=O) groups is 1. The quantitative estimate of drug-likeness (QED) is 0.585. The van der Waals surface area contributed by atoms with Gasteiger partial charge in [0.05, 0.1) is 6.54 Å². The topological polar surface area (TPSA) is 54.4 Å². The Morgan fingerprint density at radius 2 is 1.67 bits per heavy atom. The van der Waals surface area contributed by atoms with Gasteiger partial charge in [0.25, 0.3) is 0 Å². The normalized spacial score (nSPS) is 18.7. The molecule has 0 saturated carbocycles. The summed E-state index contributed by atoms with van der Waals surface area (Å²) >= 11 is 0. The van der Waals surface area contributed by atoms with Crippen LogP contribution in [0.1, 0.15) is 25.0 Å². The fourth-order valence-corrected chi connectivity index (χ4v) is 4.25. The first-order chi connectivity index (χ1) is 14.5. The van der Waals surface area contributed by atoms with Crippen LogP contribution in [0.5, 0.6) is 0 Å². The van der Waals surface area contributed by atoms with Crippen molar-refractivity contribution in [2.24, 2.45) is 4.99 Å². The molecule has 2 saturated heterocycles. The Morgan fingerprint density at radius 3 is 2.30 bits per heavy atom. The monoisotopic (exact) mass is 414 g/mol. The third-order valence-corrected chi connectivity index (χ3v) is 6.33. The number of aryl methyl sites for hydroxylation is 1. The summed E-state index contributed by atoms with van der Waals surface area (Å²) in [4.78, 5) is 25.6. The standard InChI is InChI=1S/C23H38N6O/c1-5-24-23(29-17-15-27(16-18-29)21(4)30)25-9-10-26-11-13-28(14-12-26)22-8-6-7-19(2)20(22)3/h6-8H,5,9-18H2,1-4H3,(H,24,25). The van der Waals surface area contributed by atoms with Crippen molar-refractivity contribution in [1.29, 1.82) is 0 Å². The third-order valence-electron chi connectivity index (χ3n) is 6.33. The first-order valence-electron chi connectivity index (χ1n) is 11.3. The Labute approximate surface area is 181 Å². The van der Waals surface area contributed by atoms with Crippen LogP contribution in [0.2, 0.25) is 0 Å². The summed E-state index contributed by atoms with van der Waals surface area (Å²) < 4.78 is 0. The number of guanidine groups is 1. The molecule has 1 aromatic carbocycles. The summed E-state index contributed by atoms with van der Waals surface area (Å²) in [6.07, 6.45) is 0. The van der Waals surface area contributed by atoms with Crippen LogP contribution in [0.15, 0.2) is 23.2 Å². The lowest BCUT2D eigenvalue weighted by Gasteiger charge is -2.37. The van der Waals surface area contributed by atoms with Gasteiger partial charge in [-0.05, 0) is 38.0 Å². The zero-order chi connectivity index (χ0) is 21.5. The summed E-state index contributed by atoms with van der Waals surface area (Å²) in [7, 11) is 0. The molecule has 166 valence electrons. The Balaban J connectivity index is 1.47. The lowest BCUT2D eigenvalue weighted by atomic mass is 10.1. The van der Waals surface area contributed by atoms with E-state index in [0.717, 1.165) is 78.0 Å².